The second kappa shape index (κ2) is 7.22. The summed E-state index contributed by atoms with van der Waals surface area (Å²) in [4.78, 5) is 12.2. The zero-order valence-electron chi connectivity index (χ0n) is 12.1. The summed E-state index contributed by atoms with van der Waals surface area (Å²) in [6.45, 7) is 3.23. The summed E-state index contributed by atoms with van der Waals surface area (Å²) in [7, 11) is 1.61. The standard InChI is InChI=1S/C14H22BrN3O2/c1-10-4-3-5-11(8-10)17-12-9-16-18(6-7-20-2)14(19)13(12)15/h9-11,17H,3-8H2,1-2H3. The van der Waals surface area contributed by atoms with Crippen molar-refractivity contribution in [1.29, 1.82) is 0 Å². The first kappa shape index (κ1) is 15.5. The number of rotatable bonds is 5. The molecule has 112 valence electrons. The number of anilines is 1. The summed E-state index contributed by atoms with van der Waals surface area (Å²) in [6, 6.07) is 0.436. The molecular formula is C14H22BrN3O2. The molecule has 1 aliphatic carbocycles. The van der Waals surface area contributed by atoms with Crippen molar-refractivity contribution in [2.75, 3.05) is 19.0 Å². The van der Waals surface area contributed by atoms with Gasteiger partial charge in [0.1, 0.15) is 4.47 Å². The van der Waals surface area contributed by atoms with Gasteiger partial charge >= 0.3 is 0 Å². The van der Waals surface area contributed by atoms with Crippen LogP contribution in [-0.4, -0.2) is 29.5 Å². The van der Waals surface area contributed by atoms with Crippen LogP contribution < -0.4 is 10.9 Å². The Morgan fingerprint density at radius 1 is 1.55 bits per heavy atom. The second-order valence-electron chi connectivity index (χ2n) is 5.51. The fraction of sp³-hybridized carbons (Fsp3) is 0.714. The highest BCUT2D eigenvalue weighted by molar-refractivity contribution is 9.10. The number of hydrogen-bond donors (Lipinski definition) is 1. The Morgan fingerprint density at radius 2 is 2.35 bits per heavy atom. The van der Waals surface area contributed by atoms with Crippen molar-refractivity contribution in [2.24, 2.45) is 5.92 Å². The Kier molecular flexibility index (Phi) is 5.60. The Bertz CT molecular complexity index is 504. The first-order valence-electron chi connectivity index (χ1n) is 7.13. The first-order chi connectivity index (χ1) is 9.61. The number of nitrogens with one attached hydrogen (secondary N) is 1. The summed E-state index contributed by atoms with van der Waals surface area (Å²) < 4.78 is 6.95. The molecule has 0 radical (unpaired) electrons. The largest absolute Gasteiger partial charge is 0.383 e. The molecule has 1 aromatic rings. The van der Waals surface area contributed by atoms with Crippen molar-refractivity contribution < 1.29 is 4.74 Å². The molecule has 0 aliphatic heterocycles. The molecule has 6 heteroatoms. The molecular weight excluding hydrogens is 322 g/mol. The second-order valence-corrected chi connectivity index (χ2v) is 6.30. The first-order valence-corrected chi connectivity index (χ1v) is 7.92. The third-order valence-corrected chi connectivity index (χ3v) is 4.55. The normalized spacial score (nSPS) is 22.8. The monoisotopic (exact) mass is 343 g/mol. The molecule has 5 nitrogen and oxygen atoms in total. The fourth-order valence-electron chi connectivity index (χ4n) is 2.69. The maximum absolute atomic E-state index is 12.2. The molecule has 1 aliphatic rings. The molecule has 20 heavy (non-hydrogen) atoms. The van der Waals surface area contributed by atoms with E-state index < -0.39 is 0 Å². The van der Waals surface area contributed by atoms with Gasteiger partial charge in [-0.15, -0.1) is 0 Å². The fourth-order valence-corrected chi connectivity index (χ4v) is 3.11. The molecule has 0 aromatic carbocycles. The topological polar surface area (TPSA) is 56.1 Å². The van der Waals surface area contributed by atoms with Crippen LogP contribution in [0.3, 0.4) is 0 Å². The Morgan fingerprint density at radius 3 is 3.05 bits per heavy atom. The van der Waals surface area contributed by atoms with Crippen LogP contribution in [0, 0.1) is 5.92 Å². The van der Waals surface area contributed by atoms with E-state index in [2.05, 4.69) is 33.3 Å². The van der Waals surface area contributed by atoms with Gasteiger partial charge in [-0.3, -0.25) is 4.79 Å². The van der Waals surface area contributed by atoms with Crippen molar-refractivity contribution in [3.05, 3.63) is 21.0 Å². The molecule has 1 fully saturated rings. The lowest BCUT2D eigenvalue weighted by Crippen LogP contribution is -2.30. The minimum Gasteiger partial charge on any atom is -0.383 e. The summed E-state index contributed by atoms with van der Waals surface area (Å²) in [5.41, 5.74) is 0.679. The highest BCUT2D eigenvalue weighted by Gasteiger charge is 2.20. The van der Waals surface area contributed by atoms with Gasteiger partial charge in [-0.25, -0.2) is 4.68 Å². The summed E-state index contributed by atoms with van der Waals surface area (Å²) in [5, 5.41) is 7.64. The van der Waals surface area contributed by atoms with Crippen molar-refractivity contribution in [2.45, 2.75) is 45.2 Å². The molecule has 0 spiro atoms. The van der Waals surface area contributed by atoms with Crippen molar-refractivity contribution >= 4 is 21.6 Å². The predicted molar refractivity (Wildman–Crippen MR) is 83.1 cm³/mol. The smallest absolute Gasteiger partial charge is 0.283 e. The van der Waals surface area contributed by atoms with E-state index >= 15 is 0 Å². The number of methoxy groups -OCH3 is 1. The van der Waals surface area contributed by atoms with Crippen LogP contribution in [0.5, 0.6) is 0 Å². The molecule has 1 heterocycles. The highest BCUT2D eigenvalue weighted by Crippen LogP contribution is 2.27. The lowest BCUT2D eigenvalue weighted by molar-refractivity contribution is 0.181. The van der Waals surface area contributed by atoms with Gasteiger partial charge in [-0.2, -0.15) is 5.10 Å². The van der Waals surface area contributed by atoms with E-state index in [4.69, 9.17) is 4.74 Å². The van der Waals surface area contributed by atoms with Crippen LogP contribution in [-0.2, 0) is 11.3 Å². The van der Waals surface area contributed by atoms with Crippen LogP contribution in [0.25, 0.3) is 0 Å². The number of halogens is 1. The van der Waals surface area contributed by atoms with Crippen molar-refractivity contribution in [1.82, 2.24) is 9.78 Å². The van der Waals surface area contributed by atoms with Crippen LogP contribution in [0.2, 0.25) is 0 Å². The van der Waals surface area contributed by atoms with Gasteiger partial charge in [0, 0.05) is 13.2 Å². The SMILES string of the molecule is COCCn1ncc(NC2CCCC(C)C2)c(Br)c1=O. The predicted octanol–water partition coefficient (Wildman–Crippen LogP) is 2.64. The van der Waals surface area contributed by atoms with Gasteiger partial charge in [-0.05, 0) is 34.7 Å². The van der Waals surface area contributed by atoms with E-state index in [1.54, 1.807) is 13.3 Å². The third-order valence-electron chi connectivity index (χ3n) is 3.79. The van der Waals surface area contributed by atoms with Gasteiger partial charge < -0.3 is 10.1 Å². The summed E-state index contributed by atoms with van der Waals surface area (Å²) >= 11 is 3.39. The lowest BCUT2D eigenvalue weighted by atomic mass is 9.87. The zero-order valence-corrected chi connectivity index (χ0v) is 13.6. The lowest BCUT2D eigenvalue weighted by Gasteiger charge is -2.28. The van der Waals surface area contributed by atoms with Crippen LogP contribution in [0.15, 0.2) is 15.5 Å². The molecule has 0 amide bonds. The zero-order chi connectivity index (χ0) is 14.5. The van der Waals surface area contributed by atoms with Gasteiger partial charge in [0.2, 0.25) is 0 Å². The molecule has 1 aromatic heterocycles. The van der Waals surface area contributed by atoms with Gasteiger partial charge in [0.05, 0.1) is 25.0 Å². The van der Waals surface area contributed by atoms with E-state index in [0.29, 0.717) is 23.7 Å². The van der Waals surface area contributed by atoms with Crippen molar-refractivity contribution in [3.63, 3.8) is 0 Å². The summed E-state index contributed by atoms with van der Waals surface area (Å²) in [5.74, 6) is 0.745. The minimum absolute atomic E-state index is 0.115. The van der Waals surface area contributed by atoms with E-state index in [1.807, 2.05) is 0 Å². The molecule has 1 saturated carbocycles. The molecule has 0 saturated heterocycles. The van der Waals surface area contributed by atoms with Gasteiger partial charge in [0.15, 0.2) is 0 Å². The Balaban J connectivity index is 2.09. The summed E-state index contributed by atoms with van der Waals surface area (Å²) in [6.07, 6.45) is 6.58. The number of aromatic nitrogens is 2. The number of ether oxygens (including phenoxy) is 1. The van der Waals surface area contributed by atoms with Crippen LogP contribution in [0.1, 0.15) is 32.6 Å². The quantitative estimate of drug-likeness (QED) is 0.892. The van der Waals surface area contributed by atoms with Gasteiger partial charge in [-0.1, -0.05) is 19.8 Å². The maximum Gasteiger partial charge on any atom is 0.283 e. The number of nitrogens with zero attached hydrogens (tertiary/aromatic N) is 2. The van der Waals surface area contributed by atoms with E-state index in [-0.39, 0.29) is 5.56 Å². The Hall–Kier alpha value is -0.880. The minimum atomic E-state index is -0.115. The van der Waals surface area contributed by atoms with Crippen LogP contribution >= 0.6 is 15.9 Å². The number of hydrogen-bond acceptors (Lipinski definition) is 4. The highest BCUT2D eigenvalue weighted by atomic mass is 79.9. The molecule has 0 bridgehead atoms. The average molecular weight is 344 g/mol. The maximum atomic E-state index is 12.2. The average Bonchev–Trinajstić information content (AvgIpc) is 2.43. The molecule has 2 atom stereocenters. The van der Waals surface area contributed by atoms with E-state index in [1.165, 1.54) is 17.5 Å². The Labute approximate surface area is 127 Å². The molecule has 1 N–H and O–H groups in total. The van der Waals surface area contributed by atoms with Crippen LogP contribution in [0.4, 0.5) is 5.69 Å². The van der Waals surface area contributed by atoms with E-state index in [0.717, 1.165) is 24.4 Å². The van der Waals surface area contributed by atoms with E-state index in [9.17, 15) is 4.79 Å². The molecule has 2 rings (SSSR count). The molecule has 2 unspecified atom stereocenters. The van der Waals surface area contributed by atoms with Gasteiger partial charge in [0.25, 0.3) is 5.56 Å². The third kappa shape index (κ3) is 3.82. The van der Waals surface area contributed by atoms with Crippen molar-refractivity contribution in [3.8, 4) is 0 Å².